The third-order valence-corrected chi connectivity index (χ3v) is 3.85. The molecule has 0 unspecified atom stereocenters. The van der Waals surface area contributed by atoms with E-state index in [0.29, 0.717) is 16.7 Å². The lowest BCUT2D eigenvalue weighted by Crippen LogP contribution is -2.31. The van der Waals surface area contributed by atoms with Gasteiger partial charge in [0.2, 0.25) is 0 Å². The van der Waals surface area contributed by atoms with E-state index < -0.39 is 36.3 Å². The van der Waals surface area contributed by atoms with Crippen molar-refractivity contribution < 1.29 is 27.5 Å². The fourth-order valence-corrected chi connectivity index (χ4v) is 2.52. The van der Waals surface area contributed by atoms with Crippen LogP contribution in [0.5, 0.6) is 0 Å². The summed E-state index contributed by atoms with van der Waals surface area (Å²) in [6.45, 7) is 1.08. The maximum atomic E-state index is 12.7. The van der Waals surface area contributed by atoms with Crippen LogP contribution in [-0.4, -0.2) is 18.5 Å². The molecule has 0 aliphatic rings. The van der Waals surface area contributed by atoms with E-state index in [9.17, 15) is 22.8 Å². The second kappa shape index (κ2) is 8.23. The molecule has 1 amide bonds. The van der Waals surface area contributed by atoms with E-state index in [1.54, 1.807) is 31.2 Å². The highest BCUT2D eigenvalue weighted by Crippen LogP contribution is 2.29. The normalized spacial score (nSPS) is 12.3. The van der Waals surface area contributed by atoms with Crippen LogP contribution < -0.4 is 5.32 Å². The van der Waals surface area contributed by atoms with E-state index in [2.05, 4.69) is 5.32 Å². The van der Waals surface area contributed by atoms with Gasteiger partial charge in [-0.3, -0.25) is 4.79 Å². The van der Waals surface area contributed by atoms with Gasteiger partial charge in [-0.15, -0.1) is 0 Å². The molecule has 0 saturated carbocycles. The summed E-state index contributed by atoms with van der Waals surface area (Å²) in [6, 6.07) is 10.3. The number of amides is 1. The molecule has 0 aliphatic carbocycles. The quantitative estimate of drug-likeness (QED) is 0.776. The fourth-order valence-electron chi connectivity index (χ4n) is 2.22. The zero-order valence-electron chi connectivity index (χ0n) is 13.6. The molecular weight excluding hydrogens is 371 g/mol. The van der Waals surface area contributed by atoms with Crippen molar-refractivity contribution in [1.29, 1.82) is 0 Å². The molecule has 0 bridgehead atoms. The van der Waals surface area contributed by atoms with Gasteiger partial charge < -0.3 is 10.1 Å². The highest BCUT2D eigenvalue weighted by molar-refractivity contribution is 6.31. The van der Waals surface area contributed by atoms with Crippen molar-refractivity contribution in [2.24, 2.45) is 0 Å². The van der Waals surface area contributed by atoms with Crippen LogP contribution in [0.25, 0.3) is 0 Å². The summed E-state index contributed by atoms with van der Waals surface area (Å²) in [4.78, 5) is 23.7. The zero-order chi connectivity index (χ0) is 19.3. The van der Waals surface area contributed by atoms with Crippen LogP contribution in [0.3, 0.4) is 0 Å². The van der Waals surface area contributed by atoms with Crippen molar-refractivity contribution >= 4 is 23.5 Å². The largest absolute Gasteiger partial charge is 0.452 e. The topological polar surface area (TPSA) is 55.4 Å². The lowest BCUT2D eigenvalue weighted by Gasteiger charge is -2.15. The summed E-state index contributed by atoms with van der Waals surface area (Å²) in [7, 11) is 0. The number of nitrogens with one attached hydrogen (secondary N) is 1. The lowest BCUT2D eigenvalue weighted by molar-refractivity contribution is -0.137. The number of hydrogen-bond acceptors (Lipinski definition) is 3. The Morgan fingerprint density at radius 2 is 1.85 bits per heavy atom. The Hall–Kier alpha value is -2.54. The highest BCUT2D eigenvalue weighted by atomic mass is 35.5. The SMILES string of the molecule is C[C@@H](NC(=O)COC(=O)c1cccc(C(F)(F)F)c1)c1ccccc1Cl. The molecule has 1 atom stereocenters. The van der Waals surface area contributed by atoms with Gasteiger partial charge in [-0.25, -0.2) is 4.79 Å². The van der Waals surface area contributed by atoms with Gasteiger partial charge in [-0.1, -0.05) is 35.9 Å². The minimum absolute atomic E-state index is 0.285. The Morgan fingerprint density at radius 3 is 2.50 bits per heavy atom. The summed E-state index contributed by atoms with van der Waals surface area (Å²) < 4.78 is 42.7. The number of rotatable bonds is 5. The van der Waals surface area contributed by atoms with Gasteiger partial charge >= 0.3 is 12.1 Å². The minimum atomic E-state index is -4.57. The third kappa shape index (κ3) is 5.23. The standard InChI is InChI=1S/C18H15ClF3NO3/c1-11(14-7-2-3-8-15(14)19)23-16(24)10-26-17(25)12-5-4-6-13(9-12)18(20,21)22/h2-9,11H,10H2,1H3,(H,23,24)/t11-/m1/s1. The van der Waals surface area contributed by atoms with E-state index in [1.165, 1.54) is 6.07 Å². The van der Waals surface area contributed by atoms with Crippen LogP contribution in [0.1, 0.15) is 34.5 Å². The molecule has 2 rings (SSSR count). The molecule has 4 nitrogen and oxygen atoms in total. The maximum Gasteiger partial charge on any atom is 0.416 e. The number of halogens is 4. The Morgan fingerprint density at radius 1 is 1.15 bits per heavy atom. The fraction of sp³-hybridized carbons (Fsp3) is 0.222. The first kappa shape index (κ1) is 19.8. The number of benzene rings is 2. The molecule has 2 aromatic carbocycles. The van der Waals surface area contributed by atoms with Crippen LogP contribution in [0.2, 0.25) is 5.02 Å². The van der Waals surface area contributed by atoms with Crippen LogP contribution >= 0.6 is 11.6 Å². The van der Waals surface area contributed by atoms with Crippen molar-refractivity contribution in [3.63, 3.8) is 0 Å². The lowest BCUT2D eigenvalue weighted by atomic mass is 10.1. The van der Waals surface area contributed by atoms with Crippen molar-refractivity contribution in [2.45, 2.75) is 19.1 Å². The van der Waals surface area contributed by atoms with Crippen LogP contribution in [-0.2, 0) is 15.7 Å². The summed E-state index contributed by atoms with van der Waals surface area (Å²) in [6.07, 6.45) is -4.57. The number of ether oxygens (including phenoxy) is 1. The Balaban J connectivity index is 1.93. The van der Waals surface area contributed by atoms with Gasteiger partial charge in [0.25, 0.3) is 5.91 Å². The second-order valence-electron chi connectivity index (χ2n) is 5.47. The smallest absolute Gasteiger partial charge is 0.416 e. The first-order valence-electron chi connectivity index (χ1n) is 7.56. The molecule has 0 aliphatic heterocycles. The van der Waals surface area contributed by atoms with Gasteiger partial charge in [0.1, 0.15) is 0 Å². The van der Waals surface area contributed by atoms with Crippen LogP contribution in [0, 0.1) is 0 Å². The molecule has 8 heteroatoms. The third-order valence-electron chi connectivity index (χ3n) is 3.51. The number of hydrogen-bond donors (Lipinski definition) is 1. The minimum Gasteiger partial charge on any atom is -0.452 e. The zero-order valence-corrected chi connectivity index (χ0v) is 14.4. The molecule has 26 heavy (non-hydrogen) atoms. The van der Waals surface area contributed by atoms with E-state index in [4.69, 9.17) is 16.3 Å². The van der Waals surface area contributed by atoms with Crippen molar-refractivity contribution in [3.05, 3.63) is 70.2 Å². The summed E-state index contributed by atoms with van der Waals surface area (Å²) in [5.41, 5.74) is -0.567. The first-order chi connectivity index (χ1) is 12.2. The van der Waals surface area contributed by atoms with Crippen molar-refractivity contribution in [1.82, 2.24) is 5.32 Å². The van der Waals surface area contributed by atoms with Crippen LogP contribution in [0.15, 0.2) is 48.5 Å². The van der Waals surface area contributed by atoms with Gasteiger partial charge in [0.05, 0.1) is 17.2 Å². The molecule has 0 radical (unpaired) electrons. The average molecular weight is 386 g/mol. The van der Waals surface area contributed by atoms with E-state index in [1.807, 2.05) is 0 Å². The van der Waals surface area contributed by atoms with Crippen molar-refractivity contribution in [3.8, 4) is 0 Å². The number of esters is 1. The summed E-state index contributed by atoms with van der Waals surface area (Å²) in [5, 5.41) is 3.07. The Kier molecular flexibility index (Phi) is 6.26. The second-order valence-corrected chi connectivity index (χ2v) is 5.87. The monoisotopic (exact) mass is 385 g/mol. The van der Waals surface area contributed by atoms with Crippen molar-refractivity contribution in [2.75, 3.05) is 6.61 Å². The number of alkyl halides is 3. The van der Waals surface area contributed by atoms with E-state index >= 15 is 0 Å². The summed E-state index contributed by atoms with van der Waals surface area (Å²) in [5.74, 6) is -1.62. The molecular formula is C18H15ClF3NO3. The Labute approximate surface area is 152 Å². The first-order valence-corrected chi connectivity index (χ1v) is 7.94. The molecule has 1 N–H and O–H groups in total. The van der Waals surface area contributed by atoms with Gasteiger partial charge in [0, 0.05) is 5.02 Å². The van der Waals surface area contributed by atoms with E-state index in [0.717, 1.165) is 12.1 Å². The molecule has 0 spiro atoms. The maximum absolute atomic E-state index is 12.7. The number of carbonyl (C=O) groups excluding carboxylic acids is 2. The van der Waals surface area contributed by atoms with Gasteiger partial charge in [-0.05, 0) is 36.8 Å². The average Bonchev–Trinajstić information content (AvgIpc) is 2.59. The number of carbonyl (C=O) groups is 2. The van der Waals surface area contributed by atoms with Gasteiger partial charge in [0.15, 0.2) is 6.61 Å². The Bertz CT molecular complexity index is 808. The van der Waals surface area contributed by atoms with E-state index in [-0.39, 0.29) is 5.56 Å². The molecule has 0 heterocycles. The molecule has 0 fully saturated rings. The predicted molar refractivity (Wildman–Crippen MR) is 89.7 cm³/mol. The molecule has 2 aromatic rings. The predicted octanol–water partition coefficient (Wildman–Crippen LogP) is 4.39. The molecule has 0 aromatic heterocycles. The van der Waals surface area contributed by atoms with Gasteiger partial charge in [-0.2, -0.15) is 13.2 Å². The molecule has 138 valence electrons. The summed E-state index contributed by atoms with van der Waals surface area (Å²) >= 11 is 6.03. The van der Waals surface area contributed by atoms with Crippen LogP contribution in [0.4, 0.5) is 13.2 Å². The highest BCUT2D eigenvalue weighted by Gasteiger charge is 2.31. The molecule has 0 saturated heterocycles.